The molecule has 7 nitrogen and oxygen atoms in total. The number of morpholine rings is 1. The minimum Gasteiger partial charge on any atom is -0.378 e. The Kier molecular flexibility index (Phi) is 7.12. The van der Waals surface area contributed by atoms with Crippen LogP contribution in [0.1, 0.15) is 12.5 Å². The number of aliphatic imine (C=N–C) groups is 2. The van der Waals surface area contributed by atoms with E-state index in [2.05, 4.69) is 39.3 Å². The number of rotatable bonds is 4. The summed E-state index contributed by atoms with van der Waals surface area (Å²) in [6, 6.07) is 14.5. The van der Waals surface area contributed by atoms with E-state index >= 15 is 0 Å². The van der Waals surface area contributed by atoms with Gasteiger partial charge in [0.1, 0.15) is 5.82 Å². The molecule has 1 saturated heterocycles. The number of ether oxygens (including phenoxy) is 1. The lowest BCUT2D eigenvalue weighted by molar-refractivity contribution is 0.0671. The van der Waals surface area contributed by atoms with E-state index in [0.717, 1.165) is 17.8 Å². The van der Waals surface area contributed by atoms with Crippen molar-refractivity contribution in [3.8, 4) is 0 Å². The maximum absolute atomic E-state index is 13.5. The fraction of sp³-hybridized carbons (Fsp3) is 0.333. The number of hydrogen-bond donors (Lipinski definition) is 2. The smallest absolute Gasteiger partial charge is 0.222 e. The van der Waals surface area contributed by atoms with Crippen molar-refractivity contribution in [2.45, 2.75) is 19.6 Å². The van der Waals surface area contributed by atoms with Crippen LogP contribution in [0, 0.1) is 5.82 Å². The lowest BCUT2D eigenvalue weighted by Gasteiger charge is -2.41. The standard InChI is InChI=1S/C21H25FN6O.ClH/c1-2-15-3-7-17(8-4-15)24-20-25-19(23)26-21(27-11-13-29-14-12-27)28(20)18-9-5-16(22)6-10-18;/h3-10,20,24H,2,11-14H2,1H3,(H2,23,25);1H. The Morgan fingerprint density at radius 2 is 1.77 bits per heavy atom. The SMILES string of the molecule is CCc1ccc(NC2N=C(N)N=C(N3CCOCC3)N2c2ccc(F)cc2)cc1.Cl. The summed E-state index contributed by atoms with van der Waals surface area (Å²) in [6.45, 7) is 4.74. The largest absolute Gasteiger partial charge is 0.378 e. The maximum Gasteiger partial charge on any atom is 0.222 e. The minimum atomic E-state index is -0.511. The number of nitrogens with two attached hydrogens (primary N) is 1. The van der Waals surface area contributed by atoms with Gasteiger partial charge in [0.15, 0.2) is 0 Å². The van der Waals surface area contributed by atoms with Crippen molar-refractivity contribution in [3.63, 3.8) is 0 Å². The van der Waals surface area contributed by atoms with E-state index in [-0.39, 0.29) is 24.2 Å². The summed E-state index contributed by atoms with van der Waals surface area (Å²) in [5.41, 5.74) is 9.01. The lowest BCUT2D eigenvalue weighted by Crippen LogP contribution is -2.57. The Morgan fingerprint density at radius 3 is 2.40 bits per heavy atom. The highest BCUT2D eigenvalue weighted by Gasteiger charge is 2.32. The molecule has 1 unspecified atom stereocenters. The third-order valence-electron chi connectivity index (χ3n) is 4.99. The molecular weight excluding hydrogens is 407 g/mol. The predicted molar refractivity (Wildman–Crippen MR) is 121 cm³/mol. The predicted octanol–water partition coefficient (Wildman–Crippen LogP) is 3.03. The van der Waals surface area contributed by atoms with Crippen molar-refractivity contribution in [2.75, 3.05) is 36.5 Å². The third-order valence-corrected chi connectivity index (χ3v) is 4.99. The summed E-state index contributed by atoms with van der Waals surface area (Å²) >= 11 is 0. The van der Waals surface area contributed by atoms with Gasteiger partial charge >= 0.3 is 0 Å². The molecule has 0 saturated carbocycles. The lowest BCUT2D eigenvalue weighted by atomic mass is 10.1. The van der Waals surface area contributed by atoms with Crippen LogP contribution in [0.2, 0.25) is 0 Å². The molecule has 2 aromatic carbocycles. The van der Waals surface area contributed by atoms with Crippen LogP contribution in [0.25, 0.3) is 0 Å². The van der Waals surface area contributed by atoms with E-state index in [9.17, 15) is 4.39 Å². The van der Waals surface area contributed by atoms with Gasteiger partial charge in [0, 0.05) is 24.5 Å². The molecule has 30 heavy (non-hydrogen) atoms. The van der Waals surface area contributed by atoms with Crippen LogP contribution in [0.5, 0.6) is 0 Å². The summed E-state index contributed by atoms with van der Waals surface area (Å²) in [7, 11) is 0. The Balaban J connectivity index is 0.00000256. The van der Waals surface area contributed by atoms with Crippen molar-refractivity contribution in [1.82, 2.24) is 4.90 Å². The quantitative estimate of drug-likeness (QED) is 0.776. The number of benzene rings is 2. The minimum absolute atomic E-state index is 0. The summed E-state index contributed by atoms with van der Waals surface area (Å²) in [4.78, 5) is 13.1. The first-order valence-corrected chi connectivity index (χ1v) is 9.79. The maximum atomic E-state index is 13.5. The van der Waals surface area contributed by atoms with Crippen LogP contribution in [0.4, 0.5) is 15.8 Å². The zero-order valence-corrected chi connectivity index (χ0v) is 17.6. The van der Waals surface area contributed by atoms with Crippen LogP contribution in [0.15, 0.2) is 58.5 Å². The molecule has 1 fully saturated rings. The van der Waals surface area contributed by atoms with Crippen LogP contribution in [-0.2, 0) is 11.2 Å². The van der Waals surface area contributed by atoms with Gasteiger partial charge in [0.2, 0.25) is 18.2 Å². The molecule has 0 radical (unpaired) electrons. The highest BCUT2D eigenvalue weighted by atomic mass is 35.5. The molecule has 3 N–H and O–H groups in total. The highest BCUT2D eigenvalue weighted by molar-refractivity contribution is 6.06. The average Bonchev–Trinajstić information content (AvgIpc) is 2.75. The molecule has 1 atom stereocenters. The summed E-state index contributed by atoms with van der Waals surface area (Å²) in [6.07, 6.45) is 0.466. The van der Waals surface area contributed by atoms with Crippen LogP contribution < -0.4 is 16.0 Å². The molecule has 0 amide bonds. The number of halogens is 2. The van der Waals surface area contributed by atoms with Gasteiger partial charge in [-0.25, -0.2) is 9.38 Å². The third kappa shape index (κ3) is 4.83. The van der Waals surface area contributed by atoms with Gasteiger partial charge in [-0.3, -0.25) is 4.90 Å². The van der Waals surface area contributed by atoms with Gasteiger partial charge in [-0.15, -0.1) is 12.4 Å². The molecule has 4 rings (SSSR count). The van der Waals surface area contributed by atoms with E-state index in [1.165, 1.54) is 17.7 Å². The van der Waals surface area contributed by atoms with E-state index in [1.54, 1.807) is 12.1 Å². The molecule has 9 heteroatoms. The molecule has 0 aromatic heterocycles. The molecule has 0 spiro atoms. The van der Waals surface area contributed by atoms with Crippen LogP contribution in [-0.4, -0.2) is 49.4 Å². The molecule has 2 aromatic rings. The fourth-order valence-corrected chi connectivity index (χ4v) is 3.40. The molecule has 2 heterocycles. The van der Waals surface area contributed by atoms with Crippen LogP contribution in [0.3, 0.4) is 0 Å². The van der Waals surface area contributed by atoms with Gasteiger partial charge in [-0.2, -0.15) is 4.99 Å². The topological polar surface area (TPSA) is 78.5 Å². The Hall–Kier alpha value is -2.84. The van der Waals surface area contributed by atoms with Gasteiger partial charge in [-0.1, -0.05) is 19.1 Å². The van der Waals surface area contributed by atoms with Crippen LogP contribution >= 0.6 is 12.4 Å². The summed E-state index contributed by atoms with van der Waals surface area (Å²) in [5.74, 6) is 0.584. The van der Waals surface area contributed by atoms with Gasteiger partial charge in [0.25, 0.3) is 0 Å². The van der Waals surface area contributed by atoms with Crippen molar-refractivity contribution in [2.24, 2.45) is 15.7 Å². The number of aryl methyl sites for hydroxylation is 1. The first kappa shape index (κ1) is 21.9. The second-order valence-electron chi connectivity index (χ2n) is 6.91. The average molecular weight is 433 g/mol. The van der Waals surface area contributed by atoms with Gasteiger partial charge in [0.05, 0.1) is 13.2 Å². The van der Waals surface area contributed by atoms with E-state index < -0.39 is 6.29 Å². The zero-order chi connectivity index (χ0) is 20.2. The first-order valence-electron chi connectivity index (χ1n) is 9.79. The van der Waals surface area contributed by atoms with Crippen molar-refractivity contribution in [3.05, 3.63) is 59.9 Å². The van der Waals surface area contributed by atoms with Gasteiger partial charge < -0.3 is 20.7 Å². The molecule has 0 bridgehead atoms. The molecular formula is C21H26ClFN6O. The number of anilines is 2. The van der Waals surface area contributed by atoms with Crippen molar-refractivity contribution < 1.29 is 9.13 Å². The Morgan fingerprint density at radius 1 is 1.10 bits per heavy atom. The van der Waals surface area contributed by atoms with Gasteiger partial charge in [-0.05, 0) is 48.4 Å². The zero-order valence-electron chi connectivity index (χ0n) is 16.8. The highest BCUT2D eigenvalue weighted by Crippen LogP contribution is 2.25. The van der Waals surface area contributed by atoms with Crippen molar-refractivity contribution >= 4 is 35.7 Å². The number of nitrogens with one attached hydrogen (secondary N) is 1. The normalized spacial score (nSPS) is 18.9. The molecule has 0 aliphatic carbocycles. The number of guanidine groups is 2. The van der Waals surface area contributed by atoms with E-state index in [0.29, 0.717) is 32.3 Å². The Bertz CT molecular complexity index is 897. The van der Waals surface area contributed by atoms with E-state index in [1.807, 2.05) is 17.0 Å². The second kappa shape index (κ2) is 9.77. The Labute approximate surface area is 181 Å². The number of nitrogens with zero attached hydrogens (tertiary/aromatic N) is 4. The monoisotopic (exact) mass is 432 g/mol. The summed E-state index contributed by atoms with van der Waals surface area (Å²) in [5, 5.41) is 3.42. The van der Waals surface area contributed by atoms with E-state index in [4.69, 9.17) is 10.5 Å². The number of hydrogen-bond acceptors (Lipinski definition) is 7. The fourth-order valence-electron chi connectivity index (χ4n) is 3.40. The first-order chi connectivity index (χ1) is 14.1. The van der Waals surface area contributed by atoms with Crippen molar-refractivity contribution in [1.29, 1.82) is 0 Å². The summed E-state index contributed by atoms with van der Waals surface area (Å²) < 4.78 is 19.0. The molecule has 2 aliphatic rings. The molecule has 160 valence electrons. The molecule has 2 aliphatic heterocycles. The second-order valence-corrected chi connectivity index (χ2v) is 6.91.